The number of H-pyrrole nitrogens is 1. The Labute approximate surface area is 169 Å². The highest BCUT2D eigenvalue weighted by Crippen LogP contribution is 2.35. The van der Waals surface area contributed by atoms with Gasteiger partial charge in [0.1, 0.15) is 10.3 Å². The van der Waals surface area contributed by atoms with Crippen LogP contribution in [-0.4, -0.2) is 32.8 Å². The van der Waals surface area contributed by atoms with Gasteiger partial charge in [-0.1, -0.05) is 35.5 Å². The molecule has 5 nitrogen and oxygen atoms in total. The molecule has 1 aromatic carbocycles. The summed E-state index contributed by atoms with van der Waals surface area (Å²) in [4.78, 5) is 20.1. The standard InChI is InChI=1S/C18H19BrClN3O2S/c1-10(2)25-8-9-26-17-21-16-11(3)14(12-4-6-13(20)7-5-12)15(19)23(16)18(24)22-17/h4-7,10H,8-9H2,1-3H3,(H,21,22,24). The van der Waals surface area contributed by atoms with Gasteiger partial charge in [0.2, 0.25) is 0 Å². The fourth-order valence-corrected chi connectivity index (χ4v) is 4.34. The first-order chi connectivity index (χ1) is 12.4. The zero-order valence-electron chi connectivity index (χ0n) is 14.7. The molecule has 3 rings (SSSR count). The highest BCUT2D eigenvalue weighted by molar-refractivity contribution is 9.10. The first kappa shape index (κ1) is 19.5. The molecule has 26 heavy (non-hydrogen) atoms. The number of halogens is 2. The van der Waals surface area contributed by atoms with Crippen molar-refractivity contribution in [3.05, 3.63) is 49.9 Å². The fourth-order valence-electron chi connectivity index (χ4n) is 2.67. The van der Waals surface area contributed by atoms with E-state index in [1.54, 1.807) is 4.40 Å². The number of ether oxygens (including phenoxy) is 1. The minimum Gasteiger partial charge on any atom is -0.378 e. The van der Waals surface area contributed by atoms with Crippen molar-refractivity contribution in [3.8, 4) is 11.1 Å². The van der Waals surface area contributed by atoms with Crippen LogP contribution in [0.25, 0.3) is 16.8 Å². The molecule has 0 aliphatic heterocycles. The van der Waals surface area contributed by atoms with Crippen molar-refractivity contribution >= 4 is 44.9 Å². The molecule has 0 saturated carbocycles. The van der Waals surface area contributed by atoms with Gasteiger partial charge >= 0.3 is 5.69 Å². The summed E-state index contributed by atoms with van der Waals surface area (Å²) in [5.74, 6) is 0.724. The maximum atomic E-state index is 12.6. The molecule has 0 fully saturated rings. The summed E-state index contributed by atoms with van der Waals surface area (Å²) in [7, 11) is 0. The molecule has 0 unspecified atom stereocenters. The monoisotopic (exact) mass is 455 g/mol. The molecule has 0 saturated heterocycles. The van der Waals surface area contributed by atoms with E-state index < -0.39 is 0 Å². The van der Waals surface area contributed by atoms with Crippen molar-refractivity contribution in [3.63, 3.8) is 0 Å². The van der Waals surface area contributed by atoms with Crippen LogP contribution >= 0.6 is 39.3 Å². The summed E-state index contributed by atoms with van der Waals surface area (Å²) >= 11 is 11.0. The maximum Gasteiger partial charge on any atom is 0.334 e. The van der Waals surface area contributed by atoms with Gasteiger partial charge in [-0.25, -0.2) is 14.2 Å². The van der Waals surface area contributed by atoms with E-state index in [-0.39, 0.29) is 11.8 Å². The van der Waals surface area contributed by atoms with Gasteiger partial charge in [0.15, 0.2) is 5.16 Å². The van der Waals surface area contributed by atoms with E-state index in [1.807, 2.05) is 45.0 Å². The van der Waals surface area contributed by atoms with Crippen molar-refractivity contribution in [2.45, 2.75) is 32.0 Å². The molecule has 1 N–H and O–H groups in total. The lowest BCUT2D eigenvalue weighted by atomic mass is 10.1. The summed E-state index contributed by atoms with van der Waals surface area (Å²) in [6, 6.07) is 7.53. The zero-order chi connectivity index (χ0) is 18.8. The molecular weight excluding hydrogens is 438 g/mol. The van der Waals surface area contributed by atoms with Gasteiger partial charge in [-0.05, 0) is 54.4 Å². The minimum atomic E-state index is -0.225. The Morgan fingerprint density at radius 2 is 2.04 bits per heavy atom. The van der Waals surface area contributed by atoms with E-state index >= 15 is 0 Å². The van der Waals surface area contributed by atoms with Crippen LogP contribution in [0, 0.1) is 6.92 Å². The molecule has 0 amide bonds. The number of hydrogen-bond donors (Lipinski definition) is 1. The third-order valence-corrected chi connectivity index (χ3v) is 5.70. The van der Waals surface area contributed by atoms with E-state index in [1.165, 1.54) is 11.8 Å². The normalized spacial score (nSPS) is 11.6. The van der Waals surface area contributed by atoms with E-state index in [9.17, 15) is 4.79 Å². The topological polar surface area (TPSA) is 59.4 Å². The first-order valence-electron chi connectivity index (χ1n) is 8.19. The Bertz CT molecular complexity index is 983. The molecule has 0 spiro atoms. The number of aryl methyl sites for hydroxylation is 1. The largest absolute Gasteiger partial charge is 0.378 e. The average molecular weight is 457 g/mol. The van der Waals surface area contributed by atoms with Crippen LogP contribution < -0.4 is 5.69 Å². The summed E-state index contributed by atoms with van der Waals surface area (Å²) in [6.45, 7) is 6.57. The number of thioether (sulfide) groups is 1. The lowest BCUT2D eigenvalue weighted by Crippen LogP contribution is -2.18. The third-order valence-electron chi connectivity index (χ3n) is 3.86. The minimum absolute atomic E-state index is 0.191. The molecule has 0 atom stereocenters. The smallest absolute Gasteiger partial charge is 0.334 e. The van der Waals surface area contributed by atoms with Gasteiger partial charge in [-0.15, -0.1) is 0 Å². The van der Waals surface area contributed by atoms with Crippen LogP contribution in [0.4, 0.5) is 0 Å². The van der Waals surface area contributed by atoms with Crippen LogP contribution in [-0.2, 0) is 4.74 Å². The Hall–Kier alpha value is -1.28. The average Bonchev–Trinajstić information content (AvgIpc) is 2.84. The van der Waals surface area contributed by atoms with Crippen LogP contribution in [0.2, 0.25) is 5.02 Å². The molecule has 138 valence electrons. The second kappa shape index (κ2) is 8.17. The molecule has 0 aliphatic rings. The van der Waals surface area contributed by atoms with Crippen molar-refractivity contribution in [1.29, 1.82) is 0 Å². The third kappa shape index (κ3) is 4.01. The lowest BCUT2D eigenvalue weighted by molar-refractivity contribution is 0.0920. The highest BCUT2D eigenvalue weighted by Gasteiger charge is 2.19. The Morgan fingerprint density at radius 3 is 2.69 bits per heavy atom. The lowest BCUT2D eigenvalue weighted by Gasteiger charge is -2.06. The van der Waals surface area contributed by atoms with E-state index in [0.29, 0.717) is 27.0 Å². The summed E-state index contributed by atoms with van der Waals surface area (Å²) in [5, 5.41) is 1.26. The Balaban J connectivity index is 1.99. The fraction of sp³-hybridized carbons (Fsp3) is 0.333. The number of aromatic amines is 1. The molecule has 3 aromatic rings. The molecule has 0 aliphatic carbocycles. The quantitative estimate of drug-likeness (QED) is 0.422. The zero-order valence-corrected chi connectivity index (χ0v) is 17.8. The van der Waals surface area contributed by atoms with Crippen LogP contribution in [0.1, 0.15) is 19.4 Å². The SMILES string of the molecule is Cc1c(-c2ccc(Cl)cc2)c(Br)n2c(=O)[nH]c(SCCOC(C)C)nc12. The second-order valence-electron chi connectivity index (χ2n) is 6.07. The van der Waals surface area contributed by atoms with E-state index in [2.05, 4.69) is 25.9 Å². The summed E-state index contributed by atoms with van der Waals surface area (Å²) in [6.07, 6.45) is 0.191. The van der Waals surface area contributed by atoms with Crippen LogP contribution in [0.3, 0.4) is 0 Å². The number of aromatic nitrogens is 3. The number of fused-ring (bicyclic) bond motifs is 1. The van der Waals surface area contributed by atoms with Gasteiger partial charge in [0.05, 0.1) is 12.7 Å². The van der Waals surface area contributed by atoms with E-state index in [4.69, 9.17) is 16.3 Å². The molecule has 0 bridgehead atoms. The summed E-state index contributed by atoms with van der Waals surface area (Å²) in [5.41, 5.74) is 3.26. The van der Waals surface area contributed by atoms with Crippen molar-refractivity contribution < 1.29 is 4.74 Å². The predicted molar refractivity (Wildman–Crippen MR) is 111 cm³/mol. The molecule has 0 radical (unpaired) electrons. The van der Waals surface area contributed by atoms with Crippen molar-refractivity contribution in [2.24, 2.45) is 0 Å². The van der Waals surface area contributed by atoms with E-state index in [0.717, 1.165) is 22.4 Å². The maximum absolute atomic E-state index is 12.6. The van der Waals surface area contributed by atoms with Crippen LogP contribution in [0.15, 0.2) is 38.8 Å². The van der Waals surface area contributed by atoms with Crippen molar-refractivity contribution in [2.75, 3.05) is 12.4 Å². The highest BCUT2D eigenvalue weighted by atomic mass is 79.9. The molecule has 2 heterocycles. The summed E-state index contributed by atoms with van der Waals surface area (Å²) < 4.78 is 7.76. The Morgan fingerprint density at radius 1 is 1.35 bits per heavy atom. The van der Waals surface area contributed by atoms with Gasteiger partial charge in [0, 0.05) is 21.9 Å². The number of rotatable bonds is 6. The molecular formula is C18H19BrClN3O2S. The van der Waals surface area contributed by atoms with Gasteiger partial charge in [-0.2, -0.15) is 0 Å². The van der Waals surface area contributed by atoms with Gasteiger partial charge in [-0.3, -0.25) is 4.98 Å². The molecule has 8 heteroatoms. The number of hydrogen-bond acceptors (Lipinski definition) is 4. The van der Waals surface area contributed by atoms with Crippen LogP contribution in [0.5, 0.6) is 0 Å². The number of nitrogens with one attached hydrogen (secondary N) is 1. The Kier molecular flexibility index (Phi) is 6.12. The van der Waals surface area contributed by atoms with Gasteiger partial charge in [0.25, 0.3) is 0 Å². The second-order valence-corrected chi connectivity index (χ2v) is 8.34. The predicted octanol–water partition coefficient (Wildman–Crippen LogP) is 4.93. The first-order valence-corrected chi connectivity index (χ1v) is 10.3. The number of nitrogens with zero attached hydrogens (tertiary/aromatic N) is 2. The number of benzene rings is 1. The van der Waals surface area contributed by atoms with Gasteiger partial charge < -0.3 is 4.74 Å². The molecule has 2 aromatic heterocycles. The van der Waals surface area contributed by atoms with Crippen molar-refractivity contribution in [1.82, 2.24) is 14.4 Å².